The van der Waals surface area contributed by atoms with Gasteiger partial charge in [-0.2, -0.15) is 5.10 Å². The molecule has 2 aromatic heterocycles. The number of ether oxygens (including phenoxy) is 2. The van der Waals surface area contributed by atoms with E-state index < -0.39 is 0 Å². The fourth-order valence-corrected chi connectivity index (χ4v) is 3.63. The lowest BCUT2D eigenvalue weighted by atomic mass is 10.0. The predicted octanol–water partition coefficient (Wildman–Crippen LogP) is 4.20. The van der Waals surface area contributed by atoms with Crippen molar-refractivity contribution in [3.63, 3.8) is 0 Å². The van der Waals surface area contributed by atoms with Gasteiger partial charge in [0.1, 0.15) is 16.6 Å². The highest BCUT2D eigenvalue weighted by Gasteiger charge is 2.34. The van der Waals surface area contributed by atoms with Gasteiger partial charge in [-0.3, -0.25) is 4.79 Å². The van der Waals surface area contributed by atoms with E-state index in [1.165, 1.54) is 11.9 Å². The lowest BCUT2D eigenvalue weighted by Gasteiger charge is -2.21. The third kappa shape index (κ3) is 3.07. The first kappa shape index (κ1) is 18.3. The van der Waals surface area contributed by atoms with Gasteiger partial charge in [0, 0.05) is 30.4 Å². The largest absolute Gasteiger partial charge is 0.493 e. The molecular formula is C20H18ClN3O4. The Morgan fingerprint density at radius 2 is 2.00 bits per heavy atom. The summed E-state index contributed by atoms with van der Waals surface area (Å²) in [5, 5.41) is 7.01. The molecule has 1 aliphatic rings. The monoisotopic (exact) mass is 399 g/mol. The Morgan fingerprint density at radius 3 is 2.64 bits per heavy atom. The van der Waals surface area contributed by atoms with Crippen molar-refractivity contribution in [2.75, 3.05) is 14.2 Å². The van der Waals surface area contributed by atoms with Crippen LogP contribution in [0.2, 0.25) is 5.15 Å². The molecule has 0 unspecified atom stereocenters. The van der Waals surface area contributed by atoms with Crippen LogP contribution in [0, 0.1) is 0 Å². The number of methoxy groups -OCH3 is 2. The van der Waals surface area contributed by atoms with Crippen LogP contribution < -0.4 is 9.47 Å². The van der Waals surface area contributed by atoms with Gasteiger partial charge < -0.3 is 13.9 Å². The first-order chi connectivity index (χ1) is 13.5. The minimum atomic E-state index is -0.366. The zero-order valence-corrected chi connectivity index (χ0v) is 16.4. The van der Waals surface area contributed by atoms with Crippen molar-refractivity contribution < 1.29 is 18.7 Å². The zero-order chi connectivity index (χ0) is 19.8. The Labute approximate surface area is 166 Å². The Hall–Kier alpha value is -3.06. The van der Waals surface area contributed by atoms with Crippen LogP contribution in [-0.2, 0) is 4.79 Å². The van der Waals surface area contributed by atoms with E-state index in [1.54, 1.807) is 32.6 Å². The highest BCUT2D eigenvalue weighted by Crippen LogP contribution is 2.39. The number of aromatic nitrogens is 1. The molecule has 1 aromatic carbocycles. The van der Waals surface area contributed by atoms with Crippen LogP contribution in [0.15, 0.2) is 46.1 Å². The van der Waals surface area contributed by atoms with Gasteiger partial charge in [0.05, 0.1) is 32.0 Å². The second-order valence-corrected chi connectivity index (χ2v) is 6.73. The molecule has 3 heterocycles. The fraction of sp³-hybridized carbons (Fsp3) is 0.250. The molecule has 1 atom stereocenters. The Bertz CT molecular complexity index is 1080. The summed E-state index contributed by atoms with van der Waals surface area (Å²) in [5.41, 5.74) is 2.07. The Morgan fingerprint density at radius 1 is 1.25 bits per heavy atom. The summed E-state index contributed by atoms with van der Waals surface area (Å²) in [6, 6.07) is 8.75. The molecule has 3 aromatic rings. The summed E-state index contributed by atoms with van der Waals surface area (Å²) in [5.74, 6) is 1.61. The van der Waals surface area contributed by atoms with Crippen LogP contribution >= 0.6 is 11.6 Å². The minimum absolute atomic E-state index is 0.185. The van der Waals surface area contributed by atoms with Crippen molar-refractivity contribution in [1.82, 2.24) is 9.99 Å². The van der Waals surface area contributed by atoms with Crippen molar-refractivity contribution in [2.45, 2.75) is 19.4 Å². The van der Waals surface area contributed by atoms with Gasteiger partial charge in [0.2, 0.25) is 5.91 Å². The average molecular weight is 400 g/mol. The third-order valence-corrected chi connectivity index (χ3v) is 5.00. The second-order valence-electron chi connectivity index (χ2n) is 6.38. The molecule has 144 valence electrons. The molecule has 0 aliphatic carbocycles. The van der Waals surface area contributed by atoms with Crippen molar-refractivity contribution in [2.24, 2.45) is 5.10 Å². The zero-order valence-electron chi connectivity index (χ0n) is 15.6. The number of fused-ring (bicyclic) bond motifs is 1. The van der Waals surface area contributed by atoms with Gasteiger partial charge in [-0.1, -0.05) is 11.6 Å². The summed E-state index contributed by atoms with van der Waals surface area (Å²) in [4.78, 5) is 16.7. The van der Waals surface area contributed by atoms with Crippen molar-refractivity contribution in [1.29, 1.82) is 0 Å². The number of carbonyl (C=O) groups is 1. The molecule has 0 fully saturated rings. The van der Waals surface area contributed by atoms with E-state index in [0.717, 1.165) is 5.39 Å². The van der Waals surface area contributed by atoms with Crippen LogP contribution in [0.5, 0.6) is 11.5 Å². The van der Waals surface area contributed by atoms with E-state index in [-0.39, 0.29) is 11.9 Å². The molecule has 0 saturated carbocycles. The number of pyridine rings is 1. The molecule has 0 radical (unpaired) electrons. The highest BCUT2D eigenvalue weighted by molar-refractivity contribution is 6.30. The number of rotatable bonds is 4. The van der Waals surface area contributed by atoms with E-state index in [4.69, 9.17) is 25.5 Å². The number of benzene rings is 1. The van der Waals surface area contributed by atoms with Gasteiger partial charge in [-0.05, 0) is 24.3 Å². The van der Waals surface area contributed by atoms with Gasteiger partial charge >= 0.3 is 0 Å². The maximum atomic E-state index is 12.2. The van der Waals surface area contributed by atoms with Crippen molar-refractivity contribution in [3.8, 4) is 11.5 Å². The normalized spacial score (nSPS) is 16.4. The fourth-order valence-electron chi connectivity index (χ4n) is 3.36. The number of amides is 1. The average Bonchev–Trinajstić information content (AvgIpc) is 3.36. The molecule has 28 heavy (non-hydrogen) atoms. The van der Waals surface area contributed by atoms with E-state index in [2.05, 4.69) is 10.1 Å². The summed E-state index contributed by atoms with van der Waals surface area (Å²) < 4.78 is 16.1. The standard InChI is InChI=1S/C20H18ClN3O4/c1-11(25)24-16(9-15(23-24)17-5-4-6-28-17)13-7-12-8-18(26-2)19(27-3)10-14(12)22-20(13)21/h4-8,10,16H,9H2,1-3H3/t16-/m0/s1. The first-order valence-electron chi connectivity index (χ1n) is 8.65. The van der Waals surface area contributed by atoms with E-state index in [9.17, 15) is 4.79 Å². The van der Waals surface area contributed by atoms with Crippen LogP contribution in [0.25, 0.3) is 10.9 Å². The first-order valence-corrected chi connectivity index (χ1v) is 9.03. The minimum Gasteiger partial charge on any atom is -0.493 e. The van der Waals surface area contributed by atoms with Gasteiger partial charge in [0.25, 0.3) is 0 Å². The number of halogens is 1. The lowest BCUT2D eigenvalue weighted by molar-refractivity contribution is -0.130. The molecule has 1 amide bonds. The van der Waals surface area contributed by atoms with E-state index in [0.29, 0.717) is 45.6 Å². The van der Waals surface area contributed by atoms with Gasteiger partial charge in [-0.15, -0.1) is 0 Å². The predicted molar refractivity (Wildman–Crippen MR) is 105 cm³/mol. The third-order valence-electron chi connectivity index (χ3n) is 4.70. The second kappa shape index (κ2) is 7.16. The Balaban J connectivity index is 1.79. The van der Waals surface area contributed by atoms with Crippen LogP contribution in [0.3, 0.4) is 0 Å². The highest BCUT2D eigenvalue weighted by atomic mass is 35.5. The van der Waals surface area contributed by atoms with Crippen molar-refractivity contribution >= 4 is 34.1 Å². The van der Waals surface area contributed by atoms with Crippen LogP contribution in [-0.4, -0.2) is 35.8 Å². The number of furan rings is 1. The maximum absolute atomic E-state index is 12.2. The molecule has 0 N–H and O–H groups in total. The van der Waals surface area contributed by atoms with Crippen LogP contribution in [0.4, 0.5) is 0 Å². The van der Waals surface area contributed by atoms with E-state index >= 15 is 0 Å². The maximum Gasteiger partial charge on any atom is 0.240 e. The number of hydrazone groups is 1. The topological polar surface area (TPSA) is 77.2 Å². The summed E-state index contributed by atoms with van der Waals surface area (Å²) in [6.07, 6.45) is 2.06. The smallest absolute Gasteiger partial charge is 0.240 e. The lowest BCUT2D eigenvalue weighted by Crippen LogP contribution is -2.24. The molecule has 0 bridgehead atoms. The molecule has 0 spiro atoms. The molecule has 8 heteroatoms. The summed E-state index contributed by atoms with van der Waals surface area (Å²) >= 11 is 6.50. The summed E-state index contributed by atoms with van der Waals surface area (Å²) in [6.45, 7) is 1.47. The number of hydrogen-bond acceptors (Lipinski definition) is 6. The number of nitrogens with zero attached hydrogens (tertiary/aromatic N) is 3. The molecule has 1 aliphatic heterocycles. The van der Waals surface area contributed by atoms with Crippen LogP contribution in [0.1, 0.15) is 30.7 Å². The van der Waals surface area contributed by atoms with E-state index in [1.807, 2.05) is 18.2 Å². The molecular weight excluding hydrogens is 382 g/mol. The number of hydrogen-bond donors (Lipinski definition) is 0. The molecule has 7 nitrogen and oxygen atoms in total. The quantitative estimate of drug-likeness (QED) is 0.614. The van der Waals surface area contributed by atoms with Gasteiger partial charge in [-0.25, -0.2) is 9.99 Å². The Kier molecular flexibility index (Phi) is 4.68. The molecule has 0 saturated heterocycles. The number of carbonyl (C=O) groups excluding carboxylic acids is 1. The summed E-state index contributed by atoms with van der Waals surface area (Å²) in [7, 11) is 3.14. The SMILES string of the molecule is COc1cc2cc([C@@H]3CC(c4ccco4)=NN3C(C)=O)c(Cl)nc2cc1OC. The molecule has 4 rings (SSSR count). The van der Waals surface area contributed by atoms with Crippen molar-refractivity contribution in [3.05, 3.63) is 53.1 Å². The van der Waals surface area contributed by atoms with Gasteiger partial charge in [0.15, 0.2) is 11.5 Å².